The van der Waals surface area contributed by atoms with Gasteiger partial charge < -0.3 is 10.4 Å². The summed E-state index contributed by atoms with van der Waals surface area (Å²) < 4.78 is 26.2. The minimum Gasteiger partial charge on any atom is -0.492 e. The molecule has 0 aliphatic heterocycles. The summed E-state index contributed by atoms with van der Waals surface area (Å²) in [7, 11) is 0. The lowest BCUT2D eigenvalue weighted by molar-refractivity contribution is 0.449. The van der Waals surface area contributed by atoms with Crippen LogP contribution >= 0.6 is 11.3 Å². The number of aromatic nitrogens is 1. The molecule has 0 unspecified atom stereocenters. The van der Waals surface area contributed by atoms with Gasteiger partial charge in [0.25, 0.3) is 0 Å². The van der Waals surface area contributed by atoms with Crippen LogP contribution in [0.25, 0.3) is 0 Å². The van der Waals surface area contributed by atoms with Crippen molar-refractivity contribution in [2.75, 3.05) is 5.32 Å². The van der Waals surface area contributed by atoms with E-state index in [1.165, 1.54) is 17.4 Å². The Bertz CT molecular complexity index is 569. The Hall–Kier alpha value is -1.69. The smallest absolute Gasteiger partial charge is 0.227 e. The second-order valence-electron chi connectivity index (χ2n) is 4.11. The zero-order valence-corrected chi connectivity index (χ0v) is 10.7. The molecule has 0 amide bonds. The quantitative estimate of drug-likeness (QED) is 0.886. The van der Waals surface area contributed by atoms with Gasteiger partial charge in [0.1, 0.15) is 11.6 Å². The number of thiazole rings is 1. The van der Waals surface area contributed by atoms with Crippen LogP contribution in [0.15, 0.2) is 18.2 Å². The maximum Gasteiger partial charge on any atom is 0.227 e. The highest BCUT2D eigenvalue weighted by molar-refractivity contribution is 7.16. The van der Waals surface area contributed by atoms with Crippen molar-refractivity contribution in [3.05, 3.63) is 34.7 Å². The average Bonchev–Trinajstić information content (AvgIpc) is 2.64. The Balaban J connectivity index is 2.26. The van der Waals surface area contributed by atoms with E-state index in [2.05, 4.69) is 10.3 Å². The molecule has 0 bridgehead atoms. The Morgan fingerprint density at radius 1 is 1.33 bits per heavy atom. The molecule has 0 saturated heterocycles. The summed E-state index contributed by atoms with van der Waals surface area (Å²) >= 11 is 1.24. The van der Waals surface area contributed by atoms with E-state index in [9.17, 15) is 13.9 Å². The van der Waals surface area contributed by atoms with Gasteiger partial charge in [-0.25, -0.2) is 8.78 Å². The third-order valence-corrected chi connectivity index (χ3v) is 3.59. The largest absolute Gasteiger partial charge is 0.492 e. The lowest BCUT2D eigenvalue weighted by Gasteiger charge is -2.03. The number of nitrogens with zero attached hydrogens (tertiary/aromatic N) is 1. The minimum atomic E-state index is -0.698. The fraction of sp³-hybridized carbons (Fsp3) is 0.250. The van der Waals surface area contributed by atoms with E-state index >= 15 is 0 Å². The SMILES string of the molecule is CC(C)c1sc(Nc2ccc(F)cc2F)nc1O. The third kappa shape index (κ3) is 2.59. The van der Waals surface area contributed by atoms with Crippen LogP contribution in [0, 0.1) is 11.6 Å². The van der Waals surface area contributed by atoms with E-state index in [0.717, 1.165) is 17.0 Å². The van der Waals surface area contributed by atoms with Crippen molar-refractivity contribution in [2.24, 2.45) is 0 Å². The number of hydrogen-bond donors (Lipinski definition) is 2. The fourth-order valence-corrected chi connectivity index (χ4v) is 2.33. The van der Waals surface area contributed by atoms with Gasteiger partial charge in [-0.15, -0.1) is 0 Å². The Kier molecular flexibility index (Phi) is 3.47. The monoisotopic (exact) mass is 270 g/mol. The van der Waals surface area contributed by atoms with Crippen molar-refractivity contribution < 1.29 is 13.9 Å². The zero-order chi connectivity index (χ0) is 13.3. The van der Waals surface area contributed by atoms with Crippen LogP contribution < -0.4 is 5.32 Å². The maximum absolute atomic E-state index is 13.4. The zero-order valence-electron chi connectivity index (χ0n) is 9.87. The van der Waals surface area contributed by atoms with E-state index in [4.69, 9.17) is 0 Å². The summed E-state index contributed by atoms with van der Waals surface area (Å²) in [4.78, 5) is 4.62. The number of halogens is 2. The van der Waals surface area contributed by atoms with Crippen LogP contribution in [-0.2, 0) is 0 Å². The molecule has 0 aliphatic rings. The van der Waals surface area contributed by atoms with Gasteiger partial charge in [0.05, 0.1) is 10.6 Å². The van der Waals surface area contributed by atoms with Crippen molar-refractivity contribution in [3.63, 3.8) is 0 Å². The molecular formula is C12H12F2N2OS. The normalized spacial score (nSPS) is 10.9. The van der Waals surface area contributed by atoms with Gasteiger partial charge in [-0.1, -0.05) is 25.2 Å². The van der Waals surface area contributed by atoms with Gasteiger partial charge in [0.2, 0.25) is 5.88 Å². The van der Waals surface area contributed by atoms with Gasteiger partial charge >= 0.3 is 0 Å². The number of rotatable bonds is 3. The predicted octanol–water partition coefficient (Wildman–Crippen LogP) is 3.99. The number of aromatic hydroxyl groups is 1. The van der Waals surface area contributed by atoms with Crippen molar-refractivity contribution >= 4 is 22.2 Å². The standard InChI is InChI=1S/C12H12F2N2OS/c1-6(2)10-11(17)16-12(18-10)15-9-4-3-7(13)5-8(9)14/h3-6,17H,1-2H3,(H,15,16). The Morgan fingerprint density at radius 3 is 2.61 bits per heavy atom. The Labute approximate surface area is 107 Å². The van der Waals surface area contributed by atoms with Gasteiger partial charge in [-0.2, -0.15) is 4.98 Å². The lowest BCUT2D eigenvalue weighted by Crippen LogP contribution is -1.93. The molecule has 0 spiro atoms. The maximum atomic E-state index is 13.4. The van der Waals surface area contributed by atoms with Gasteiger partial charge in [-0.3, -0.25) is 0 Å². The average molecular weight is 270 g/mol. The summed E-state index contributed by atoms with van der Waals surface area (Å²) in [5.41, 5.74) is 0.125. The first-order valence-corrected chi connectivity index (χ1v) is 6.20. The molecule has 2 rings (SSSR count). The molecule has 2 N–H and O–H groups in total. The van der Waals surface area contributed by atoms with E-state index in [1.807, 2.05) is 13.8 Å². The number of nitrogens with one attached hydrogen (secondary N) is 1. The first-order chi connectivity index (χ1) is 8.47. The molecule has 0 saturated carbocycles. The van der Waals surface area contributed by atoms with Crippen molar-refractivity contribution in [1.29, 1.82) is 0 Å². The topological polar surface area (TPSA) is 45.2 Å². The molecule has 0 aliphatic carbocycles. The minimum absolute atomic E-state index is 0.0555. The van der Waals surface area contributed by atoms with Gasteiger partial charge in [0, 0.05) is 6.07 Å². The van der Waals surface area contributed by atoms with Crippen molar-refractivity contribution in [2.45, 2.75) is 19.8 Å². The van der Waals surface area contributed by atoms with E-state index in [1.54, 1.807) is 0 Å². The molecule has 6 heteroatoms. The summed E-state index contributed by atoms with van der Waals surface area (Å²) in [6, 6.07) is 3.24. The van der Waals surface area contributed by atoms with Crippen LogP contribution in [0.4, 0.5) is 19.6 Å². The van der Waals surface area contributed by atoms with Crippen LogP contribution in [0.5, 0.6) is 5.88 Å². The molecule has 0 atom stereocenters. The first-order valence-electron chi connectivity index (χ1n) is 5.39. The van der Waals surface area contributed by atoms with Crippen LogP contribution in [0.3, 0.4) is 0 Å². The number of benzene rings is 1. The number of hydrogen-bond acceptors (Lipinski definition) is 4. The Morgan fingerprint density at radius 2 is 2.06 bits per heavy atom. The first kappa shape index (κ1) is 12.8. The summed E-state index contributed by atoms with van der Waals surface area (Å²) in [5, 5.41) is 12.7. The summed E-state index contributed by atoms with van der Waals surface area (Å²) in [5.74, 6) is -1.25. The second-order valence-corrected chi connectivity index (χ2v) is 5.14. The highest BCUT2D eigenvalue weighted by atomic mass is 32.1. The van der Waals surface area contributed by atoms with Gasteiger partial charge in [-0.05, 0) is 18.1 Å². The van der Waals surface area contributed by atoms with Crippen molar-refractivity contribution in [3.8, 4) is 5.88 Å². The molecule has 1 heterocycles. The summed E-state index contributed by atoms with van der Waals surface area (Å²) in [6.07, 6.45) is 0. The van der Waals surface area contributed by atoms with E-state index < -0.39 is 11.6 Å². The molecule has 96 valence electrons. The van der Waals surface area contributed by atoms with Gasteiger partial charge in [0.15, 0.2) is 5.13 Å². The molecule has 1 aromatic carbocycles. The molecule has 18 heavy (non-hydrogen) atoms. The molecule has 0 fully saturated rings. The van der Waals surface area contributed by atoms with E-state index in [0.29, 0.717) is 5.13 Å². The predicted molar refractivity (Wildman–Crippen MR) is 67.5 cm³/mol. The number of anilines is 2. The molecule has 1 aromatic heterocycles. The molecule has 0 radical (unpaired) electrons. The van der Waals surface area contributed by atoms with Crippen LogP contribution in [0.1, 0.15) is 24.6 Å². The van der Waals surface area contributed by atoms with Crippen molar-refractivity contribution in [1.82, 2.24) is 4.98 Å². The fourth-order valence-electron chi connectivity index (χ4n) is 1.46. The molecular weight excluding hydrogens is 258 g/mol. The highest BCUT2D eigenvalue weighted by Crippen LogP contribution is 2.35. The second kappa shape index (κ2) is 4.89. The molecule has 3 nitrogen and oxygen atoms in total. The molecule has 2 aromatic rings. The third-order valence-electron chi connectivity index (χ3n) is 2.33. The lowest BCUT2D eigenvalue weighted by atomic mass is 10.2. The highest BCUT2D eigenvalue weighted by Gasteiger charge is 2.14. The van der Waals surface area contributed by atoms with Crippen LogP contribution in [0.2, 0.25) is 0 Å². The summed E-state index contributed by atoms with van der Waals surface area (Å²) in [6.45, 7) is 3.85. The van der Waals surface area contributed by atoms with Crippen LogP contribution in [-0.4, -0.2) is 10.1 Å². The van der Waals surface area contributed by atoms with E-state index in [-0.39, 0.29) is 17.5 Å².